The van der Waals surface area contributed by atoms with Crippen molar-refractivity contribution in [3.63, 3.8) is 0 Å². The monoisotopic (exact) mass is 501 g/mol. The molecule has 2 aliphatic heterocycles. The lowest BCUT2D eigenvalue weighted by Gasteiger charge is -2.32. The molecule has 0 aromatic heterocycles. The molecule has 0 bridgehead atoms. The maximum atomic E-state index is 13.4. The average molecular weight is 502 g/mol. The Hall–Kier alpha value is -3.66. The highest BCUT2D eigenvalue weighted by Gasteiger charge is 2.34. The van der Waals surface area contributed by atoms with Crippen molar-refractivity contribution in [1.29, 1.82) is 0 Å². The number of halogens is 3. The number of nitrogens with one attached hydrogen (secondary N) is 2. The molecular weight excluding hydrogens is 475 g/mol. The van der Waals surface area contributed by atoms with Gasteiger partial charge in [0.25, 0.3) is 5.91 Å². The predicted octanol–water partition coefficient (Wildman–Crippen LogP) is 4.51. The highest BCUT2D eigenvalue weighted by molar-refractivity contribution is 6.08. The molecule has 3 amide bonds. The summed E-state index contributed by atoms with van der Waals surface area (Å²) in [6.07, 6.45) is -2.52. The van der Waals surface area contributed by atoms with Crippen LogP contribution in [0.15, 0.2) is 42.5 Å². The van der Waals surface area contributed by atoms with E-state index in [0.717, 1.165) is 18.6 Å². The van der Waals surface area contributed by atoms with Gasteiger partial charge in [-0.2, -0.15) is 13.2 Å². The smallest absolute Gasteiger partial charge is 0.383 e. The molecular formula is C26H26F3N3O4. The second-order valence-corrected chi connectivity index (χ2v) is 8.83. The van der Waals surface area contributed by atoms with E-state index in [4.69, 9.17) is 0 Å². The molecule has 7 nitrogen and oxygen atoms in total. The number of anilines is 3. The lowest BCUT2D eigenvalue weighted by atomic mass is 9.93. The Morgan fingerprint density at radius 1 is 1.25 bits per heavy atom. The molecule has 2 aromatic rings. The van der Waals surface area contributed by atoms with Gasteiger partial charge in [0.1, 0.15) is 6.10 Å². The summed E-state index contributed by atoms with van der Waals surface area (Å²) in [5.41, 5.74) is 1.65. The van der Waals surface area contributed by atoms with Gasteiger partial charge in [-0.15, -0.1) is 0 Å². The van der Waals surface area contributed by atoms with Crippen molar-refractivity contribution in [3.8, 4) is 0 Å². The van der Waals surface area contributed by atoms with Crippen molar-refractivity contribution < 1.29 is 32.7 Å². The number of hydrogen-bond donors (Lipinski definition) is 3. The van der Waals surface area contributed by atoms with E-state index in [1.54, 1.807) is 18.2 Å². The summed E-state index contributed by atoms with van der Waals surface area (Å²) in [7, 11) is 0. The number of amides is 3. The van der Waals surface area contributed by atoms with E-state index in [9.17, 15) is 32.7 Å². The van der Waals surface area contributed by atoms with Crippen molar-refractivity contribution in [1.82, 2.24) is 0 Å². The molecule has 0 saturated carbocycles. The second kappa shape index (κ2) is 10.1. The van der Waals surface area contributed by atoms with Crippen molar-refractivity contribution in [2.45, 2.75) is 51.3 Å². The first kappa shape index (κ1) is 25.4. The molecule has 36 heavy (non-hydrogen) atoms. The van der Waals surface area contributed by atoms with Crippen LogP contribution in [-0.4, -0.2) is 35.5 Å². The number of carbonyl (C=O) groups excluding carboxylic acids is 3. The minimum absolute atomic E-state index is 0.0338. The summed E-state index contributed by atoms with van der Waals surface area (Å²) in [5, 5.41) is 15.2. The van der Waals surface area contributed by atoms with Crippen LogP contribution in [0.3, 0.4) is 0 Å². The van der Waals surface area contributed by atoms with Crippen LogP contribution < -0.4 is 15.5 Å². The van der Waals surface area contributed by atoms with Crippen LogP contribution in [-0.2, 0) is 27.0 Å². The molecule has 3 N–H and O–H groups in total. The number of aliphatic hydroxyl groups is 1. The van der Waals surface area contributed by atoms with Crippen LogP contribution in [0.2, 0.25) is 0 Å². The molecule has 2 aliphatic rings. The molecule has 1 unspecified atom stereocenters. The Morgan fingerprint density at radius 2 is 2.03 bits per heavy atom. The van der Waals surface area contributed by atoms with Crippen LogP contribution in [0.1, 0.15) is 49.3 Å². The summed E-state index contributed by atoms with van der Waals surface area (Å²) in [6, 6.07) is 8.15. The Kier molecular flexibility index (Phi) is 7.16. The Bertz CT molecular complexity index is 1240. The van der Waals surface area contributed by atoms with Crippen molar-refractivity contribution in [3.05, 3.63) is 59.2 Å². The molecule has 0 radical (unpaired) electrons. The number of fused-ring (bicyclic) bond motifs is 2. The zero-order valence-corrected chi connectivity index (χ0v) is 19.6. The van der Waals surface area contributed by atoms with E-state index >= 15 is 0 Å². The van der Waals surface area contributed by atoms with Crippen molar-refractivity contribution in [2.24, 2.45) is 0 Å². The number of alkyl halides is 3. The van der Waals surface area contributed by atoms with Gasteiger partial charge in [-0.25, -0.2) is 0 Å². The predicted molar refractivity (Wildman–Crippen MR) is 129 cm³/mol. The molecule has 1 atom stereocenters. The third kappa shape index (κ3) is 5.28. The van der Waals surface area contributed by atoms with E-state index < -0.39 is 29.7 Å². The molecule has 0 fully saturated rings. The number of unbranched alkanes of at least 4 members (excludes halogenated alkanes) is 1. The number of benzene rings is 2. The van der Waals surface area contributed by atoms with Gasteiger partial charge in [-0.3, -0.25) is 14.4 Å². The average Bonchev–Trinajstić information content (AvgIpc) is 2.83. The van der Waals surface area contributed by atoms with Gasteiger partial charge in [-0.1, -0.05) is 25.5 Å². The van der Waals surface area contributed by atoms with Gasteiger partial charge in [0, 0.05) is 48.0 Å². The number of nitrogens with zero attached hydrogens (tertiary/aromatic N) is 1. The lowest BCUT2D eigenvalue weighted by molar-refractivity contribution is -0.137. The number of hydrogen-bond acceptors (Lipinski definition) is 4. The van der Waals surface area contributed by atoms with Crippen LogP contribution in [0.25, 0.3) is 5.57 Å². The molecule has 4 rings (SSSR count). The topological polar surface area (TPSA) is 98.7 Å². The quantitative estimate of drug-likeness (QED) is 0.525. The van der Waals surface area contributed by atoms with Gasteiger partial charge >= 0.3 is 6.18 Å². The summed E-state index contributed by atoms with van der Waals surface area (Å²) in [4.78, 5) is 38.7. The maximum absolute atomic E-state index is 13.4. The van der Waals surface area contributed by atoms with Gasteiger partial charge < -0.3 is 20.6 Å². The summed E-state index contributed by atoms with van der Waals surface area (Å²) < 4.78 is 40.2. The minimum Gasteiger partial charge on any atom is -0.383 e. The van der Waals surface area contributed by atoms with Crippen LogP contribution in [0.4, 0.5) is 30.2 Å². The molecule has 0 aliphatic carbocycles. The Balaban J connectivity index is 1.64. The fourth-order valence-electron chi connectivity index (χ4n) is 4.43. The third-order valence-electron chi connectivity index (χ3n) is 6.31. The van der Waals surface area contributed by atoms with Crippen LogP contribution in [0, 0.1) is 0 Å². The summed E-state index contributed by atoms with van der Waals surface area (Å²) >= 11 is 0. The first-order valence-electron chi connectivity index (χ1n) is 11.7. The molecule has 0 saturated heterocycles. The Labute approximate surface area is 206 Å². The van der Waals surface area contributed by atoms with Gasteiger partial charge in [0.05, 0.1) is 11.3 Å². The fourth-order valence-corrected chi connectivity index (χ4v) is 4.43. The van der Waals surface area contributed by atoms with E-state index in [2.05, 4.69) is 10.6 Å². The van der Waals surface area contributed by atoms with Crippen LogP contribution in [0.5, 0.6) is 0 Å². The number of carbonyl (C=O) groups is 3. The fraction of sp³-hybridized carbons (Fsp3) is 0.346. The van der Waals surface area contributed by atoms with Gasteiger partial charge in [0.2, 0.25) is 11.8 Å². The minimum atomic E-state index is -4.57. The zero-order valence-electron chi connectivity index (χ0n) is 19.6. The second-order valence-electron chi connectivity index (χ2n) is 8.83. The van der Waals surface area contributed by atoms with E-state index in [1.807, 2.05) is 6.92 Å². The third-order valence-corrected chi connectivity index (χ3v) is 6.31. The molecule has 2 heterocycles. The largest absolute Gasteiger partial charge is 0.416 e. The SMILES string of the molecule is CCCCC(=O)N1CCC(=CC(=O)Nc2cccc3c2CC(O)C(=O)N3)c2ccc(C(F)(F)F)cc21. The highest BCUT2D eigenvalue weighted by Crippen LogP contribution is 2.40. The van der Waals surface area contributed by atoms with Crippen molar-refractivity contribution in [2.75, 3.05) is 22.1 Å². The highest BCUT2D eigenvalue weighted by atomic mass is 19.4. The van der Waals surface area contributed by atoms with Crippen molar-refractivity contribution >= 4 is 40.4 Å². The van der Waals surface area contributed by atoms with E-state index in [-0.39, 0.29) is 31.0 Å². The standard InChI is InChI=1S/C26H26F3N3O4/c1-2-3-7-24(35)32-11-10-15(17-9-8-16(13-21(17)32)26(27,28)29)12-23(34)30-19-5-4-6-20-18(19)14-22(33)25(36)31-20/h4-6,8-9,12-13,22,33H,2-3,7,10-11,14H2,1H3,(H,30,34)(H,31,36). The molecule has 2 aromatic carbocycles. The zero-order chi connectivity index (χ0) is 26.0. The molecule has 10 heteroatoms. The lowest BCUT2D eigenvalue weighted by Crippen LogP contribution is -2.35. The molecule has 0 spiro atoms. The van der Waals surface area contributed by atoms with Crippen LogP contribution >= 0.6 is 0 Å². The number of aliphatic hydroxyl groups excluding tert-OH is 1. The first-order valence-corrected chi connectivity index (χ1v) is 11.7. The van der Waals surface area contributed by atoms with Gasteiger partial charge in [-0.05, 0) is 42.7 Å². The van der Waals surface area contributed by atoms with E-state index in [0.29, 0.717) is 40.9 Å². The summed E-state index contributed by atoms with van der Waals surface area (Å²) in [6.45, 7) is 2.09. The van der Waals surface area contributed by atoms with Gasteiger partial charge in [0.15, 0.2) is 0 Å². The normalized spacial score (nSPS) is 18.4. The number of rotatable bonds is 5. The Morgan fingerprint density at radius 3 is 2.75 bits per heavy atom. The van der Waals surface area contributed by atoms with E-state index in [1.165, 1.54) is 17.0 Å². The first-order chi connectivity index (χ1) is 17.1. The maximum Gasteiger partial charge on any atom is 0.416 e. The summed E-state index contributed by atoms with van der Waals surface area (Å²) in [5.74, 6) is -1.29. The molecule has 190 valence electrons.